The van der Waals surface area contributed by atoms with Crippen LogP contribution in [0, 0.1) is 6.92 Å². The summed E-state index contributed by atoms with van der Waals surface area (Å²) in [6, 6.07) is 0. The molecular formula is C10H14N2O3S. The third kappa shape index (κ3) is 3.62. The Morgan fingerprint density at radius 3 is 2.75 bits per heavy atom. The molecule has 1 amide bonds. The van der Waals surface area contributed by atoms with Gasteiger partial charge in [-0.25, -0.2) is 4.98 Å². The number of rotatable bonds is 5. The largest absolute Gasteiger partial charge is 0.481 e. The van der Waals surface area contributed by atoms with E-state index >= 15 is 0 Å². The van der Waals surface area contributed by atoms with Crippen molar-refractivity contribution in [2.75, 3.05) is 7.05 Å². The van der Waals surface area contributed by atoms with Crippen LogP contribution in [0.1, 0.15) is 22.0 Å². The van der Waals surface area contributed by atoms with E-state index in [-0.39, 0.29) is 18.7 Å². The number of likely N-dealkylation sites (N-methyl/N-ethyl adjacent to an activating group) is 1. The average molecular weight is 242 g/mol. The molecule has 1 rings (SSSR count). The highest BCUT2D eigenvalue weighted by molar-refractivity contribution is 7.11. The number of hydrogen-bond donors (Lipinski definition) is 2. The van der Waals surface area contributed by atoms with Crippen LogP contribution in [0.15, 0.2) is 0 Å². The van der Waals surface area contributed by atoms with Crippen LogP contribution in [-0.2, 0) is 22.4 Å². The minimum absolute atomic E-state index is 0.0847. The van der Waals surface area contributed by atoms with E-state index in [1.807, 2.05) is 6.92 Å². The summed E-state index contributed by atoms with van der Waals surface area (Å²) in [7, 11) is 1.58. The van der Waals surface area contributed by atoms with Crippen LogP contribution in [0.5, 0.6) is 0 Å². The van der Waals surface area contributed by atoms with Crippen molar-refractivity contribution in [2.24, 2.45) is 0 Å². The van der Waals surface area contributed by atoms with Crippen LogP contribution in [0.2, 0.25) is 0 Å². The van der Waals surface area contributed by atoms with E-state index in [4.69, 9.17) is 5.11 Å². The average Bonchev–Trinajstić information content (AvgIpc) is 2.55. The van der Waals surface area contributed by atoms with Gasteiger partial charge in [0.1, 0.15) is 5.01 Å². The van der Waals surface area contributed by atoms with E-state index in [9.17, 15) is 9.59 Å². The van der Waals surface area contributed by atoms with Crippen LogP contribution in [0.3, 0.4) is 0 Å². The molecule has 0 unspecified atom stereocenters. The van der Waals surface area contributed by atoms with Gasteiger partial charge in [-0.2, -0.15) is 0 Å². The fraction of sp³-hybridized carbons (Fsp3) is 0.500. The Hall–Kier alpha value is -1.43. The minimum Gasteiger partial charge on any atom is -0.481 e. The molecule has 0 aliphatic heterocycles. The first-order valence-electron chi connectivity index (χ1n) is 4.90. The van der Waals surface area contributed by atoms with Crippen molar-refractivity contribution in [1.82, 2.24) is 10.3 Å². The summed E-state index contributed by atoms with van der Waals surface area (Å²) in [5.74, 6) is -0.904. The highest BCUT2D eigenvalue weighted by Crippen LogP contribution is 2.20. The van der Waals surface area contributed by atoms with Gasteiger partial charge in [0.25, 0.3) is 0 Å². The number of nitrogens with one attached hydrogen (secondary N) is 1. The van der Waals surface area contributed by atoms with Gasteiger partial charge in [-0.05, 0) is 13.3 Å². The molecule has 6 heteroatoms. The van der Waals surface area contributed by atoms with Crippen molar-refractivity contribution in [3.63, 3.8) is 0 Å². The van der Waals surface area contributed by atoms with Crippen molar-refractivity contribution in [3.8, 4) is 0 Å². The summed E-state index contributed by atoms with van der Waals surface area (Å²) in [5.41, 5.74) is 0.824. The molecule has 0 spiro atoms. The third-order valence-electron chi connectivity index (χ3n) is 2.09. The molecule has 16 heavy (non-hydrogen) atoms. The third-order valence-corrected chi connectivity index (χ3v) is 3.31. The van der Waals surface area contributed by atoms with E-state index in [2.05, 4.69) is 10.3 Å². The number of hydrogen-bond acceptors (Lipinski definition) is 4. The van der Waals surface area contributed by atoms with E-state index in [0.29, 0.717) is 6.42 Å². The lowest BCUT2D eigenvalue weighted by molar-refractivity contribution is -0.137. The van der Waals surface area contributed by atoms with Crippen molar-refractivity contribution in [2.45, 2.75) is 26.2 Å². The van der Waals surface area contributed by atoms with Gasteiger partial charge in [-0.1, -0.05) is 0 Å². The summed E-state index contributed by atoms with van der Waals surface area (Å²) in [5, 5.41) is 11.8. The lowest BCUT2D eigenvalue weighted by atomic mass is 10.2. The molecule has 1 heterocycles. The van der Waals surface area contributed by atoms with Gasteiger partial charge >= 0.3 is 5.97 Å². The number of aryl methyl sites for hydroxylation is 2. The summed E-state index contributed by atoms with van der Waals surface area (Å²) >= 11 is 1.41. The molecule has 1 aromatic rings. The van der Waals surface area contributed by atoms with Crippen LogP contribution in [-0.4, -0.2) is 29.0 Å². The van der Waals surface area contributed by atoms with Gasteiger partial charge < -0.3 is 10.4 Å². The van der Waals surface area contributed by atoms with Crippen LogP contribution in [0.25, 0.3) is 0 Å². The van der Waals surface area contributed by atoms with Gasteiger partial charge in [-0.15, -0.1) is 11.3 Å². The molecule has 5 nitrogen and oxygen atoms in total. The maximum Gasteiger partial charge on any atom is 0.303 e. The number of carboxylic acid groups (broad SMARTS) is 1. The quantitative estimate of drug-likeness (QED) is 0.798. The van der Waals surface area contributed by atoms with E-state index in [1.54, 1.807) is 7.05 Å². The highest BCUT2D eigenvalue weighted by Gasteiger charge is 2.11. The van der Waals surface area contributed by atoms with Crippen molar-refractivity contribution >= 4 is 23.2 Å². The Morgan fingerprint density at radius 2 is 2.19 bits per heavy atom. The van der Waals surface area contributed by atoms with Crippen LogP contribution in [0.4, 0.5) is 0 Å². The molecule has 0 aliphatic carbocycles. The molecule has 0 fully saturated rings. The lowest BCUT2D eigenvalue weighted by Crippen LogP contribution is -2.19. The molecule has 0 atom stereocenters. The van der Waals surface area contributed by atoms with E-state index < -0.39 is 5.97 Å². The Morgan fingerprint density at radius 1 is 1.50 bits per heavy atom. The molecule has 0 bridgehead atoms. The number of aliphatic carboxylic acids is 1. The van der Waals surface area contributed by atoms with Gasteiger partial charge in [-0.3, -0.25) is 9.59 Å². The van der Waals surface area contributed by atoms with Crippen LogP contribution >= 0.6 is 11.3 Å². The molecule has 0 saturated carbocycles. The van der Waals surface area contributed by atoms with Gasteiger partial charge in [0.05, 0.1) is 18.5 Å². The SMILES string of the molecule is CNC(=O)Cc1nc(C)c(CCC(=O)O)s1. The highest BCUT2D eigenvalue weighted by atomic mass is 32.1. The molecule has 2 N–H and O–H groups in total. The predicted molar refractivity (Wildman–Crippen MR) is 60.6 cm³/mol. The molecule has 88 valence electrons. The monoisotopic (exact) mass is 242 g/mol. The smallest absolute Gasteiger partial charge is 0.303 e. The first-order chi connectivity index (χ1) is 7.52. The second-order valence-corrected chi connectivity index (χ2v) is 4.53. The maximum atomic E-state index is 11.1. The summed E-state index contributed by atoms with van der Waals surface area (Å²) in [6.07, 6.45) is 0.837. The standard InChI is InChI=1S/C10H14N2O3S/c1-6-7(3-4-10(14)15)16-9(12-6)5-8(13)11-2/h3-5H2,1-2H3,(H,11,13)(H,14,15). The molecule has 0 saturated heterocycles. The number of aromatic nitrogens is 1. The zero-order chi connectivity index (χ0) is 12.1. The zero-order valence-electron chi connectivity index (χ0n) is 9.24. The van der Waals surface area contributed by atoms with Crippen molar-refractivity contribution < 1.29 is 14.7 Å². The van der Waals surface area contributed by atoms with Gasteiger partial charge in [0, 0.05) is 11.9 Å². The topological polar surface area (TPSA) is 79.3 Å². The number of thiazole rings is 1. The number of carboxylic acids is 1. The summed E-state index contributed by atoms with van der Waals surface area (Å²) in [4.78, 5) is 26.8. The molecule has 0 aromatic carbocycles. The Bertz CT molecular complexity index is 401. The Labute approximate surface area is 97.5 Å². The Kier molecular flexibility index (Phi) is 4.42. The number of carbonyl (C=O) groups is 2. The number of carbonyl (C=O) groups excluding carboxylic acids is 1. The zero-order valence-corrected chi connectivity index (χ0v) is 10.1. The lowest BCUT2D eigenvalue weighted by Gasteiger charge is -1.94. The molecule has 1 aromatic heterocycles. The minimum atomic E-state index is -0.819. The first kappa shape index (κ1) is 12.6. The number of nitrogens with zero attached hydrogens (tertiary/aromatic N) is 1. The summed E-state index contributed by atoms with van der Waals surface area (Å²) < 4.78 is 0. The van der Waals surface area contributed by atoms with E-state index in [1.165, 1.54) is 11.3 Å². The van der Waals surface area contributed by atoms with E-state index in [0.717, 1.165) is 15.6 Å². The van der Waals surface area contributed by atoms with Gasteiger partial charge in [0.15, 0.2) is 0 Å². The first-order valence-corrected chi connectivity index (χ1v) is 5.72. The number of amides is 1. The maximum absolute atomic E-state index is 11.1. The fourth-order valence-electron chi connectivity index (χ4n) is 1.24. The van der Waals surface area contributed by atoms with Crippen molar-refractivity contribution in [3.05, 3.63) is 15.6 Å². The fourth-order valence-corrected chi connectivity index (χ4v) is 2.31. The van der Waals surface area contributed by atoms with Crippen LogP contribution < -0.4 is 5.32 Å². The predicted octanol–water partition coefficient (Wildman–Crippen LogP) is 0.757. The van der Waals surface area contributed by atoms with Gasteiger partial charge in [0.2, 0.25) is 5.91 Å². The second kappa shape index (κ2) is 5.60. The van der Waals surface area contributed by atoms with Crippen molar-refractivity contribution in [1.29, 1.82) is 0 Å². The summed E-state index contributed by atoms with van der Waals surface area (Å²) in [6.45, 7) is 1.83. The second-order valence-electron chi connectivity index (χ2n) is 3.36. The Balaban J connectivity index is 2.66. The molecular weight excluding hydrogens is 228 g/mol. The molecule has 0 aliphatic rings. The molecule has 0 radical (unpaired) electrons. The normalized spacial score (nSPS) is 10.1.